The van der Waals surface area contributed by atoms with E-state index in [1.807, 2.05) is 18.4 Å². The molecule has 2 aromatic rings. The molecular formula is C17H20N6O3. The molecule has 1 aliphatic rings. The van der Waals surface area contributed by atoms with Gasteiger partial charge in [-0.25, -0.2) is 4.79 Å². The number of anilines is 1. The number of amides is 4. The molecule has 4 amide bonds. The van der Waals surface area contributed by atoms with Gasteiger partial charge in [-0.1, -0.05) is 0 Å². The molecule has 1 aromatic carbocycles. The zero-order chi connectivity index (χ0) is 18.8. The summed E-state index contributed by atoms with van der Waals surface area (Å²) in [6, 6.07) is 6.32. The summed E-state index contributed by atoms with van der Waals surface area (Å²) >= 11 is 0. The zero-order valence-corrected chi connectivity index (χ0v) is 14.8. The Kier molecular flexibility index (Phi) is 4.70. The van der Waals surface area contributed by atoms with Gasteiger partial charge in [0, 0.05) is 24.3 Å². The van der Waals surface area contributed by atoms with Crippen LogP contribution in [0.25, 0.3) is 0 Å². The van der Waals surface area contributed by atoms with Gasteiger partial charge in [0.2, 0.25) is 5.91 Å². The summed E-state index contributed by atoms with van der Waals surface area (Å²) in [4.78, 5) is 38.5. The molecule has 0 aliphatic carbocycles. The molecule has 0 bridgehead atoms. The van der Waals surface area contributed by atoms with Crippen LogP contribution in [0.4, 0.5) is 10.5 Å². The van der Waals surface area contributed by atoms with Crippen molar-refractivity contribution in [2.24, 2.45) is 0 Å². The number of benzene rings is 1. The number of carbonyl (C=O) groups excluding carboxylic acids is 3. The highest BCUT2D eigenvalue weighted by Crippen LogP contribution is 2.19. The second-order valence-corrected chi connectivity index (χ2v) is 6.40. The summed E-state index contributed by atoms with van der Waals surface area (Å²) in [5.41, 5.74) is 1.05. The SMILES string of the molecule is CC(C)n1cnnc1CN(C)C(=O)c1ccc(N2CC(=O)NC2=O)cc1. The molecule has 1 fully saturated rings. The highest BCUT2D eigenvalue weighted by Gasteiger charge is 2.28. The number of nitrogens with one attached hydrogen (secondary N) is 1. The van der Waals surface area contributed by atoms with E-state index in [2.05, 4.69) is 15.5 Å². The first-order valence-electron chi connectivity index (χ1n) is 8.22. The molecule has 136 valence electrons. The summed E-state index contributed by atoms with van der Waals surface area (Å²) in [6.07, 6.45) is 1.65. The van der Waals surface area contributed by atoms with Crippen molar-refractivity contribution in [2.75, 3.05) is 18.5 Å². The quantitative estimate of drug-likeness (QED) is 0.811. The largest absolute Gasteiger partial charge is 0.334 e. The van der Waals surface area contributed by atoms with Crippen LogP contribution in [0.15, 0.2) is 30.6 Å². The average Bonchev–Trinajstić information content (AvgIpc) is 3.20. The predicted molar refractivity (Wildman–Crippen MR) is 93.5 cm³/mol. The van der Waals surface area contributed by atoms with Gasteiger partial charge in [0.15, 0.2) is 5.82 Å². The van der Waals surface area contributed by atoms with Gasteiger partial charge in [-0.2, -0.15) is 0 Å². The topological polar surface area (TPSA) is 100 Å². The Hall–Kier alpha value is -3.23. The monoisotopic (exact) mass is 356 g/mol. The third-order valence-corrected chi connectivity index (χ3v) is 4.15. The predicted octanol–water partition coefficient (Wildman–Crippen LogP) is 1.19. The fourth-order valence-corrected chi connectivity index (χ4v) is 2.75. The highest BCUT2D eigenvalue weighted by atomic mass is 16.2. The molecule has 0 radical (unpaired) electrons. The fourth-order valence-electron chi connectivity index (χ4n) is 2.75. The number of aromatic nitrogens is 3. The Bertz CT molecular complexity index is 842. The van der Waals surface area contributed by atoms with Crippen molar-refractivity contribution < 1.29 is 14.4 Å². The summed E-state index contributed by atoms with van der Waals surface area (Å²) in [6.45, 7) is 4.36. The highest BCUT2D eigenvalue weighted by molar-refractivity contribution is 6.12. The van der Waals surface area contributed by atoms with Crippen LogP contribution in [0, 0.1) is 0 Å². The molecule has 2 heterocycles. The molecule has 26 heavy (non-hydrogen) atoms. The molecule has 9 heteroatoms. The molecule has 0 unspecified atom stereocenters. The molecule has 3 rings (SSSR count). The van der Waals surface area contributed by atoms with Crippen LogP contribution in [0.5, 0.6) is 0 Å². The minimum Gasteiger partial charge on any atom is -0.334 e. The third kappa shape index (κ3) is 3.41. The van der Waals surface area contributed by atoms with Crippen LogP contribution >= 0.6 is 0 Å². The summed E-state index contributed by atoms with van der Waals surface area (Å²) in [7, 11) is 1.70. The van der Waals surface area contributed by atoms with Gasteiger partial charge < -0.3 is 9.47 Å². The van der Waals surface area contributed by atoms with Crippen molar-refractivity contribution in [3.63, 3.8) is 0 Å². The molecule has 0 atom stereocenters. The minimum absolute atomic E-state index is 0.0170. The van der Waals surface area contributed by atoms with Crippen LogP contribution in [-0.4, -0.2) is 51.1 Å². The number of urea groups is 1. The minimum atomic E-state index is -0.459. The van der Waals surface area contributed by atoms with E-state index >= 15 is 0 Å². The molecule has 0 saturated carbocycles. The third-order valence-electron chi connectivity index (χ3n) is 4.15. The van der Waals surface area contributed by atoms with E-state index in [0.29, 0.717) is 23.6 Å². The Balaban J connectivity index is 1.70. The van der Waals surface area contributed by atoms with Crippen molar-refractivity contribution >= 4 is 23.5 Å². The number of hydrogen-bond donors (Lipinski definition) is 1. The first-order valence-corrected chi connectivity index (χ1v) is 8.22. The lowest BCUT2D eigenvalue weighted by atomic mass is 10.1. The first kappa shape index (κ1) is 17.6. The lowest BCUT2D eigenvalue weighted by molar-refractivity contribution is -0.117. The van der Waals surface area contributed by atoms with Crippen molar-refractivity contribution in [3.8, 4) is 0 Å². The smallest absolute Gasteiger partial charge is 0.329 e. The second-order valence-electron chi connectivity index (χ2n) is 6.40. The van der Waals surface area contributed by atoms with E-state index in [9.17, 15) is 14.4 Å². The zero-order valence-electron chi connectivity index (χ0n) is 14.8. The van der Waals surface area contributed by atoms with E-state index < -0.39 is 6.03 Å². The van der Waals surface area contributed by atoms with Crippen LogP contribution in [0.1, 0.15) is 36.1 Å². The number of carbonyl (C=O) groups is 3. The van der Waals surface area contributed by atoms with Crippen molar-refractivity contribution in [3.05, 3.63) is 42.0 Å². The maximum absolute atomic E-state index is 12.6. The molecule has 1 N–H and O–H groups in total. The maximum atomic E-state index is 12.6. The number of hydrogen-bond acceptors (Lipinski definition) is 5. The summed E-state index contributed by atoms with van der Waals surface area (Å²) in [5, 5.41) is 10.2. The number of nitrogens with zero attached hydrogens (tertiary/aromatic N) is 5. The van der Waals surface area contributed by atoms with Crippen molar-refractivity contribution in [2.45, 2.75) is 26.4 Å². The van der Waals surface area contributed by atoms with E-state index in [1.165, 1.54) is 4.90 Å². The first-order chi connectivity index (χ1) is 12.4. The molecular weight excluding hydrogens is 336 g/mol. The lowest BCUT2D eigenvalue weighted by Gasteiger charge is -2.19. The van der Waals surface area contributed by atoms with E-state index in [4.69, 9.17) is 0 Å². The number of rotatable bonds is 5. The van der Waals surface area contributed by atoms with Gasteiger partial charge in [-0.3, -0.25) is 19.8 Å². The Labute approximate surface area is 150 Å². The average molecular weight is 356 g/mol. The standard InChI is InChI=1S/C17H20N6O3/c1-11(2)23-10-18-20-14(23)8-21(3)16(25)12-4-6-13(7-5-12)22-9-15(24)19-17(22)26/h4-7,10-11H,8-9H2,1-3H3,(H,19,24,26). The van der Waals surface area contributed by atoms with E-state index in [0.717, 1.165) is 0 Å². The van der Waals surface area contributed by atoms with Crippen LogP contribution in [0.3, 0.4) is 0 Å². The molecule has 9 nitrogen and oxygen atoms in total. The van der Waals surface area contributed by atoms with Gasteiger partial charge >= 0.3 is 6.03 Å². The molecule has 0 spiro atoms. The molecule has 1 aliphatic heterocycles. The molecule has 1 aromatic heterocycles. The Morgan fingerprint density at radius 2 is 1.96 bits per heavy atom. The van der Waals surface area contributed by atoms with Crippen LogP contribution < -0.4 is 10.2 Å². The van der Waals surface area contributed by atoms with Gasteiger partial charge in [0.05, 0.1) is 6.54 Å². The summed E-state index contributed by atoms with van der Waals surface area (Å²) < 4.78 is 1.91. The lowest BCUT2D eigenvalue weighted by Crippen LogP contribution is -2.29. The Morgan fingerprint density at radius 1 is 1.27 bits per heavy atom. The maximum Gasteiger partial charge on any atom is 0.329 e. The molecule has 1 saturated heterocycles. The van der Waals surface area contributed by atoms with Gasteiger partial charge in [0.1, 0.15) is 12.9 Å². The fraction of sp³-hybridized carbons (Fsp3) is 0.353. The number of imide groups is 1. The van der Waals surface area contributed by atoms with Gasteiger partial charge in [0.25, 0.3) is 5.91 Å². The summed E-state index contributed by atoms with van der Waals surface area (Å²) in [5.74, 6) is 0.195. The van der Waals surface area contributed by atoms with Crippen molar-refractivity contribution in [1.29, 1.82) is 0 Å². The Morgan fingerprint density at radius 3 is 2.54 bits per heavy atom. The van der Waals surface area contributed by atoms with Crippen LogP contribution in [0.2, 0.25) is 0 Å². The van der Waals surface area contributed by atoms with E-state index in [-0.39, 0.29) is 24.4 Å². The second kappa shape index (κ2) is 6.95. The van der Waals surface area contributed by atoms with Crippen LogP contribution in [-0.2, 0) is 11.3 Å². The normalized spacial score (nSPS) is 14.1. The van der Waals surface area contributed by atoms with Crippen molar-refractivity contribution in [1.82, 2.24) is 25.0 Å². The van der Waals surface area contributed by atoms with Gasteiger partial charge in [-0.15, -0.1) is 10.2 Å². The van der Waals surface area contributed by atoms with E-state index in [1.54, 1.807) is 42.5 Å². The van der Waals surface area contributed by atoms with Gasteiger partial charge in [-0.05, 0) is 38.1 Å².